The molecular weight excluding hydrogens is 326 g/mol. The van der Waals surface area contributed by atoms with Gasteiger partial charge in [-0.2, -0.15) is 0 Å². The Hall–Kier alpha value is -2.53. The Morgan fingerprint density at radius 2 is 1.77 bits per heavy atom. The van der Waals surface area contributed by atoms with Crippen LogP contribution in [0.3, 0.4) is 0 Å². The first-order valence-electron chi connectivity index (χ1n) is 9.09. The Balaban J connectivity index is 1.77. The minimum atomic E-state index is 0.0240. The van der Waals surface area contributed by atoms with Crippen LogP contribution in [-0.2, 0) is 0 Å². The standard InChI is InChI=1S/C21H24N3O2/c1-22-15-5-7-19-17(13-15)21(25)18-14-16(6-8-20(18)26-19)24-11-3-9-23(2)10-4-12-24/h3,5-8,13-14,22H,4,9-12H2,1-2H3. The molecule has 1 fully saturated rings. The van der Waals surface area contributed by atoms with Gasteiger partial charge in [-0.1, -0.05) is 0 Å². The molecule has 26 heavy (non-hydrogen) atoms. The SMILES string of the molecule is CNc1ccc2oc3ccc(N4C[CH]CN(C)CCC4)cc3c(=O)c2c1. The summed E-state index contributed by atoms with van der Waals surface area (Å²) in [6, 6.07) is 11.6. The minimum Gasteiger partial charge on any atom is -0.456 e. The number of nitrogens with zero attached hydrogens (tertiary/aromatic N) is 2. The fourth-order valence-electron chi connectivity index (χ4n) is 3.58. The lowest BCUT2D eigenvalue weighted by Crippen LogP contribution is -2.35. The monoisotopic (exact) mass is 350 g/mol. The first kappa shape index (κ1) is 16.9. The molecule has 5 heteroatoms. The van der Waals surface area contributed by atoms with Crippen molar-refractivity contribution in [2.75, 3.05) is 50.5 Å². The molecule has 0 bridgehead atoms. The first-order valence-corrected chi connectivity index (χ1v) is 9.09. The lowest BCUT2D eigenvalue weighted by molar-refractivity contribution is 0.343. The molecule has 0 amide bonds. The number of anilines is 2. The molecule has 1 radical (unpaired) electrons. The van der Waals surface area contributed by atoms with E-state index in [0.29, 0.717) is 21.9 Å². The van der Waals surface area contributed by atoms with Crippen molar-refractivity contribution < 1.29 is 4.42 Å². The Bertz CT molecular complexity index is 986. The number of rotatable bonds is 2. The third kappa shape index (κ3) is 3.15. The highest BCUT2D eigenvalue weighted by Crippen LogP contribution is 2.25. The number of benzene rings is 2. The van der Waals surface area contributed by atoms with Crippen LogP contribution in [0.15, 0.2) is 45.6 Å². The summed E-state index contributed by atoms with van der Waals surface area (Å²) in [5.41, 5.74) is 3.27. The van der Waals surface area contributed by atoms with Crippen molar-refractivity contribution in [1.82, 2.24) is 4.90 Å². The average Bonchev–Trinajstić information content (AvgIpc) is 2.64. The van der Waals surface area contributed by atoms with E-state index < -0.39 is 0 Å². The molecule has 3 aromatic rings. The number of fused-ring (bicyclic) bond motifs is 2. The highest BCUT2D eigenvalue weighted by atomic mass is 16.3. The van der Waals surface area contributed by atoms with Crippen LogP contribution in [0.5, 0.6) is 0 Å². The highest BCUT2D eigenvalue weighted by Gasteiger charge is 2.14. The zero-order valence-electron chi connectivity index (χ0n) is 15.3. The zero-order valence-corrected chi connectivity index (χ0v) is 15.3. The predicted molar refractivity (Wildman–Crippen MR) is 108 cm³/mol. The number of hydrogen-bond donors (Lipinski definition) is 1. The summed E-state index contributed by atoms with van der Waals surface area (Å²) >= 11 is 0. The van der Waals surface area contributed by atoms with E-state index in [1.807, 2.05) is 37.4 Å². The van der Waals surface area contributed by atoms with E-state index in [2.05, 4.69) is 34.7 Å². The number of nitrogens with one attached hydrogen (secondary N) is 1. The fourth-order valence-corrected chi connectivity index (χ4v) is 3.58. The van der Waals surface area contributed by atoms with Gasteiger partial charge in [0.25, 0.3) is 0 Å². The van der Waals surface area contributed by atoms with Gasteiger partial charge in [0, 0.05) is 38.1 Å². The summed E-state index contributed by atoms with van der Waals surface area (Å²) in [6.07, 6.45) is 3.39. The van der Waals surface area contributed by atoms with Crippen molar-refractivity contribution in [3.05, 3.63) is 53.0 Å². The molecule has 0 unspecified atom stereocenters. The van der Waals surface area contributed by atoms with Gasteiger partial charge in [0.2, 0.25) is 5.43 Å². The molecule has 2 heterocycles. The van der Waals surface area contributed by atoms with Gasteiger partial charge >= 0.3 is 0 Å². The third-order valence-electron chi connectivity index (χ3n) is 5.06. The molecule has 4 rings (SSSR count). The topological polar surface area (TPSA) is 48.7 Å². The van der Waals surface area contributed by atoms with Crippen molar-refractivity contribution >= 4 is 33.3 Å². The van der Waals surface area contributed by atoms with Gasteiger partial charge in [0.15, 0.2) is 0 Å². The van der Waals surface area contributed by atoms with Crippen LogP contribution in [0.1, 0.15) is 6.42 Å². The van der Waals surface area contributed by atoms with Crippen molar-refractivity contribution in [3.63, 3.8) is 0 Å². The van der Waals surface area contributed by atoms with Gasteiger partial charge in [-0.05, 0) is 62.8 Å². The van der Waals surface area contributed by atoms with Gasteiger partial charge in [0.1, 0.15) is 11.2 Å². The molecule has 2 aromatic carbocycles. The Kier molecular flexibility index (Phi) is 4.55. The molecule has 0 saturated carbocycles. The highest BCUT2D eigenvalue weighted by molar-refractivity contribution is 5.92. The third-order valence-corrected chi connectivity index (χ3v) is 5.06. The second-order valence-electron chi connectivity index (χ2n) is 6.92. The van der Waals surface area contributed by atoms with Crippen LogP contribution in [-0.4, -0.2) is 45.2 Å². The maximum Gasteiger partial charge on any atom is 0.200 e. The lowest BCUT2D eigenvalue weighted by Gasteiger charge is -2.30. The summed E-state index contributed by atoms with van der Waals surface area (Å²) in [6.45, 7) is 3.94. The minimum absolute atomic E-state index is 0.0240. The second-order valence-corrected chi connectivity index (χ2v) is 6.92. The molecule has 5 nitrogen and oxygen atoms in total. The average molecular weight is 350 g/mol. The van der Waals surface area contributed by atoms with E-state index in [0.717, 1.165) is 44.0 Å². The van der Waals surface area contributed by atoms with Crippen LogP contribution in [0.4, 0.5) is 11.4 Å². The summed E-state index contributed by atoms with van der Waals surface area (Å²) in [4.78, 5) is 17.7. The predicted octanol–water partition coefficient (Wildman–Crippen LogP) is 3.33. The Labute approximate surface area is 153 Å². The molecule has 1 aliphatic heterocycles. The van der Waals surface area contributed by atoms with E-state index in [4.69, 9.17) is 4.42 Å². The van der Waals surface area contributed by atoms with Gasteiger partial charge in [-0.15, -0.1) is 0 Å². The number of hydrogen-bond acceptors (Lipinski definition) is 5. The van der Waals surface area contributed by atoms with Crippen LogP contribution in [0.25, 0.3) is 21.9 Å². The van der Waals surface area contributed by atoms with E-state index in [-0.39, 0.29) is 5.43 Å². The van der Waals surface area contributed by atoms with E-state index in [1.54, 1.807) is 0 Å². The largest absolute Gasteiger partial charge is 0.456 e. The van der Waals surface area contributed by atoms with Gasteiger partial charge in [-0.25, -0.2) is 0 Å². The normalized spacial score (nSPS) is 16.6. The van der Waals surface area contributed by atoms with Crippen LogP contribution >= 0.6 is 0 Å². The maximum absolute atomic E-state index is 13.0. The molecule has 1 aromatic heterocycles. The molecule has 1 N–H and O–H groups in total. The summed E-state index contributed by atoms with van der Waals surface area (Å²) < 4.78 is 5.97. The summed E-state index contributed by atoms with van der Waals surface area (Å²) in [5, 5.41) is 4.33. The van der Waals surface area contributed by atoms with E-state index >= 15 is 0 Å². The van der Waals surface area contributed by atoms with Gasteiger partial charge in [-0.3, -0.25) is 4.79 Å². The molecule has 135 valence electrons. The molecule has 1 aliphatic rings. The first-order chi connectivity index (χ1) is 12.7. The summed E-state index contributed by atoms with van der Waals surface area (Å²) in [5.74, 6) is 0. The van der Waals surface area contributed by atoms with Crippen molar-refractivity contribution in [2.24, 2.45) is 0 Å². The van der Waals surface area contributed by atoms with E-state index in [9.17, 15) is 4.79 Å². The van der Waals surface area contributed by atoms with Crippen LogP contribution < -0.4 is 15.6 Å². The Morgan fingerprint density at radius 3 is 2.58 bits per heavy atom. The maximum atomic E-state index is 13.0. The second kappa shape index (κ2) is 7.00. The quantitative estimate of drug-likeness (QED) is 0.719. The summed E-state index contributed by atoms with van der Waals surface area (Å²) in [7, 11) is 4.00. The van der Waals surface area contributed by atoms with Crippen LogP contribution in [0.2, 0.25) is 0 Å². The molecule has 0 atom stereocenters. The van der Waals surface area contributed by atoms with E-state index in [1.165, 1.54) is 0 Å². The van der Waals surface area contributed by atoms with Crippen molar-refractivity contribution in [3.8, 4) is 0 Å². The molecular formula is C21H24N3O2. The molecule has 0 aliphatic carbocycles. The smallest absolute Gasteiger partial charge is 0.200 e. The van der Waals surface area contributed by atoms with Crippen molar-refractivity contribution in [2.45, 2.75) is 6.42 Å². The fraction of sp³-hybridized carbons (Fsp3) is 0.333. The van der Waals surface area contributed by atoms with Crippen LogP contribution in [0, 0.1) is 6.42 Å². The zero-order chi connectivity index (χ0) is 18.1. The van der Waals surface area contributed by atoms with Gasteiger partial charge in [0.05, 0.1) is 10.8 Å². The Morgan fingerprint density at radius 1 is 1.00 bits per heavy atom. The van der Waals surface area contributed by atoms with Crippen molar-refractivity contribution in [1.29, 1.82) is 0 Å². The lowest BCUT2D eigenvalue weighted by atomic mass is 10.1. The molecule has 0 spiro atoms. The molecule has 1 saturated heterocycles. The van der Waals surface area contributed by atoms with Gasteiger partial charge < -0.3 is 19.5 Å².